The van der Waals surface area contributed by atoms with E-state index in [9.17, 15) is 13.2 Å². The monoisotopic (exact) mass is 372 g/mol. The Balaban J connectivity index is 1.67. The van der Waals surface area contributed by atoms with Crippen LogP contribution in [0.4, 0.5) is 0 Å². The fraction of sp³-hybridized carbons (Fsp3) is 0.688. The Morgan fingerprint density at radius 3 is 2.32 bits per heavy atom. The summed E-state index contributed by atoms with van der Waals surface area (Å²) in [6.07, 6.45) is 1.19. The second-order valence-corrected chi connectivity index (χ2v) is 8.99. The van der Waals surface area contributed by atoms with Crippen LogP contribution in [-0.4, -0.2) is 56.9 Å². The zero-order chi connectivity index (χ0) is 18.3. The quantitative estimate of drug-likeness (QED) is 0.860. The zero-order valence-electron chi connectivity index (χ0n) is 14.7. The molecule has 0 aromatic carbocycles. The van der Waals surface area contributed by atoms with Gasteiger partial charge in [-0.1, -0.05) is 0 Å². The van der Waals surface area contributed by atoms with Gasteiger partial charge in [0.05, 0.1) is 13.2 Å². The molecule has 1 aromatic heterocycles. The Morgan fingerprint density at radius 2 is 1.76 bits per heavy atom. The summed E-state index contributed by atoms with van der Waals surface area (Å²) in [5.41, 5.74) is -0.641. The molecule has 25 heavy (non-hydrogen) atoms. The average Bonchev–Trinajstić information content (AvgIpc) is 3.15. The highest BCUT2D eigenvalue weighted by Gasteiger charge is 2.41. The molecule has 140 valence electrons. The number of carbonyl (C=O) groups excluding carboxylic acids is 1. The Kier molecular flexibility index (Phi) is 4.69. The fourth-order valence-corrected chi connectivity index (χ4v) is 4.38. The number of furan rings is 1. The molecule has 2 aliphatic heterocycles. The maximum Gasteiger partial charge on any atom is 0.289 e. The van der Waals surface area contributed by atoms with Gasteiger partial charge in [0.15, 0.2) is 11.5 Å². The molecular formula is C16H24N2O6S. The number of amides is 1. The number of rotatable bonds is 3. The minimum absolute atomic E-state index is 0.0125. The molecule has 3 heterocycles. The van der Waals surface area contributed by atoms with Crippen LogP contribution in [0.25, 0.3) is 0 Å². The van der Waals surface area contributed by atoms with E-state index in [0.717, 1.165) is 0 Å². The number of hydrogen-bond acceptors (Lipinski definition) is 6. The van der Waals surface area contributed by atoms with E-state index in [-0.39, 0.29) is 16.8 Å². The van der Waals surface area contributed by atoms with Crippen LogP contribution in [0.3, 0.4) is 0 Å². The lowest BCUT2D eigenvalue weighted by Crippen LogP contribution is -2.47. The largest absolute Gasteiger partial charge is 0.438 e. The van der Waals surface area contributed by atoms with Gasteiger partial charge in [0.1, 0.15) is 0 Å². The third-order valence-electron chi connectivity index (χ3n) is 4.12. The topological polar surface area (TPSA) is 98.1 Å². The predicted octanol–water partition coefficient (Wildman–Crippen LogP) is 1.34. The lowest BCUT2D eigenvalue weighted by molar-refractivity contribution is -0.181. The Hall–Kier alpha value is -1.42. The van der Waals surface area contributed by atoms with Crippen LogP contribution < -0.4 is 4.72 Å². The van der Waals surface area contributed by atoms with E-state index < -0.39 is 21.3 Å². The second-order valence-electron chi connectivity index (χ2n) is 7.37. The van der Waals surface area contributed by atoms with E-state index in [4.69, 9.17) is 13.9 Å². The van der Waals surface area contributed by atoms with Gasteiger partial charge in [-0.2, -0.15) is 0 Å². The lowest BCUT2D eigenvalue weighted by Gasteiger charge is -2.37. The molecular weight excluding hydrogens is 348 g/mol. The summed E-state index contributed by atoms with van der Waals surface area (Å²) < 4.78 is 43.6. The molecule has 0 unspecified atom stereocenters. The molecule has 2 fully saturated rings. The van der Waals surface area contributed by atoms with Crippen molar-refractivity contribution in [1.29, 1.82) is 0 Å². The van der Waals surface area contributed by atoms with Gasteiger partial charge < -0.3 is 18.8 Å². The van der Waals surface area contributed by atoms with Gasteiger partial charge in [0.2, 0.25) is 5.09 Å². The summed E-state index contributed by atoms with van der Waals surface area (Å²) in [6, 6.07) is 2.70. The standard InChI is InChI=1S/C16H24N2O6S/c1-15(2,3)17-25(20,21)13-5-4-12(24-13)14(19)18-8-6-16(7-9-18)22-10-11-23-16/h4-5,17H,6-11H2,1-3H3. The highest BCUT2D eigenvalue weighted by atomic mass is 32.2. The van der Waals surface area contributed by atoms with Crippen molar-refractivity contribution in [2.24, 2.45) is 0 Å². The highest BCUT2D eigenvalue weighted by Crippen LogP contribution is 2.32. The molecule has 0 atom stereocenters. The first-order chi connectivity index (χ1) is 11.6. The number of likely N-dealkylation sites (tertiary alicyclic amines) is 1. The van der Waals surface area contributed by atoms with Crippen molar-refractivity contribution in [3.63, 3.8) is 0 Å². The Labute approximate surface area is 147 Å². The summed E-state index contributed by atoms with van der Waals surface area (Å²) >= 11 is 0. The molecule has 9 heteroatoms. The maximum atomic E-state index is 12.6. The minimum atomic E-state index is -3.81. The zero-order valence-corrected chi connectivity index (χ0v) is 15.5. The first-order valence-electron chi connectivity index (χ1n) is 8.31. The van der Waals surface area contributed by atoms with Gasteiger partial charge in [0, 0.05) is 31.5 Å². The van der Waals surface area contributed by atoms with Gasteiger partial charge in [-0.05, 0) is 32.9 Å². The number of hydrogen-bond donors (Lipinski definition) is 1. The molecule has 1 spiro atoms. The van der Waals surface area contributed by atoms with Gasteiger partial charge in [-0.25, -0.2) is 13.1 Å². The molecule has 1 N–H and O–H groups in total. The Bertz CT molecular complexity index is 733. The number of carbonyl (C=O) groups is 1. The van der Waals surface area contributed by atoms with E-state index in [1.165, 1.54) is 12.1 Å². The molecule has 0 saturated carbocycles. The summed E-state index contributed by atoms with van der Waals surface area (Å²) in [7, 11) is -3.81. The number of ether oxygens (including phenoxy) is 2. The molecule has 2 aliphatic rings. The van der Waals surface area contributed by atoms with Crippen molar-refractivity contribution in [2.45, 2.75) is 50.0 Å². The summed E-state index contributed by atoms with van der Waals surface area (Å²) in [6.45, 7) is 7.30. The SMILES string of the molecule is CC(C)(C)NS(=O)(=O)c1ccc(C(=O)N2CCC3(CC2)OCCO3)o1. The number of nitrogens with zero attached hydrogens (tertiary/aromatic N) is 1. The highest BCUT2D eigenvalue weighted by molar-refractivity contribution is 7.89. The predicted molar refractivity (Wildman–Crippen MR) is 88.6 cm³/mol. The lowest BCUT2D eigenvalue weighted by atomic mass is 10.0. The van der Waals surface area contributed by atoms with Crippen LogP contribution in [0.2, 0.25) is 0 Å². The van der Waals surface area contributed by atoms with Crippen molar-refractivity contribution >= 4 is 15.9 Å². The molecule has 0 aliphatic carbocycles. The molecule has 2 saturated heterocycles. The third kappa shape index (κ3) is 4.05. The smallest absolute Gasteiger partial charge is 0.289 e. The van der Waals surface area contributed by atoms with Crippen molar-refractivity contribution < 1.29 is 27.1 Å². The second kappa shape index (κ2) is 6.39. The van der Waals surface area contributed by atoms with Crippen LogP contribution in [0.15, 0.2) is 21.6 Å². The molecule has 1 aromatic rings. The number of sulfonamides is 1. The number of nitrogens with one attached hydrogen (secondary N) is 1. The van der Waals surface area contributed by atoms with Gasteiger partial charge in [0.25, 0.3) is 15.9 Å². The summed E-state index contributed by atoms with van der Waals surface area (Å²) in [4.78, 5) is 14.2. The molecule has 0 bridgehead atoms. The van der Waals surface area contributed by atoms with Crippen LogP contribution in [-0.2, 0) is 19.5 Å². The third-order valence-corrected chi connectivity index (χ3v) is 5.75. The molecule has 1 amide bonds. The van der Waals surface area contributed by atoms with Crippen molar-refractivity contribution in [1.82, 2.24) is 9.62 Å². The molecule has 8 nitrogen and oxygen atoms in total. The van der Waals surface area contributed by atoms with Gasteiger partial charge in [-0.3, -0.25) is 4.79 Å². The van der Waals surface area contributed by atoms with Crippen molar-refractivity contribution in [3.8, 4) is 0 Å². The van der Waals surface area contributed by atoms with Gasteiger partial charge in [-0.15, -0.1) is 0 Å². The molecule has 3 rings (SSSR count). The fourth-order valence-electron chi connectivity index (χ4n) is 3.02. The van der Waals surface area contributed by atoms with Crippen molar-refractivity contribution in [3.05, 3.63) is 17.9 Å². The average molecular weight is 372 g/mol. The summed E-state index contributed by atoms with van der Waals surface area (Å²) in [5, 5.41) is -0.262. The van der Waals surface area contributed by atoms with E-state index in [0.29, 0.717) is 39.1 Å². The van der Waals surface area contributed by atoms with E-state index in [2.05, 4.69) is 4.72 Å². The van der Waals surface area contributed by atoms with Crippen LogP contribution >= 0.6 is 0 Å². The van der Waals surface area contributed by atoms with Crippen LogP contribution in [0.1, 0.15) is 44.2 Å². The van der Waals surface area contributed by atoms with Crippen molar-refractivity contribution in [2.75, 3.05) is 26.3 Å². The van der Waals surface area contributed by atoms with Crippen LogP contribution in [0, 0.1) is 0 Å². The first kappa shape index (κ1) is 18.4. The Morgan fingerprint density at radius 1 is 1.16 bits per heavy atom. The normalized spacial score (nSPS) is 21.0. The first-order valence-corrected chi connectivity index (χ1v) is 9.80. The van der Waals surface area contributed by atoms with E-state index in [1.54, 1.807) is 25.7 Å². The van der Waals surface area contributed by atoms with Crippen LogP contribution in [0.5, 0.6) is 0 Å². The number of piperidine rings is 1. The summed E-state index contributed by atoms with van der Waals surface area (Å²) in [5.74, 6) is -0.881. The molecule has 0 radical (unpaired) electrons. The van der Waals surface area contributed by atoms with Gasteiger partial charge >= 0.3 is 0 Å². The maximum absolute atomic E-state index is 12.6. The van der Waals surface area contributed by atoms with E-state index >= 15 is 0 Å². The van der Waals surface area contributed by atoms with E-state index in [1.807, 2.05) is 0 Å². The minimum Gasteiger partial charge on any atom is -0.438 e.